The number of nitrogens with zero attached hydrogens (tertiary/aromatic N) is 3. The minimum absolute atomic E-state index is 0.111. The molecular weight excluding hydrogens is 268 g/mol. The van der Waals surface area contributed by atoms with E-state index in [4.69, 9.17) is 4.74 Å². The third kappa shape index (κ3) is 3.81. The van der Waals surface area contributed by atoms with Crippen molar-refractivity contribution in [3.8, 4) is 5.75 Å². The summed E-state index contributed by atoms with van der Waals surface area (Å²) in [5, 5.41) is 10.4. The van der Waals surface area contributed by atoms with Gasteiger partial charge >= 0.3 is 0 Å². The third-order valence-electron chi connectivity index (χ3n) is 3.05. The largest absolute Gasteiger partial charge is 0.491 e. The summed E-state index contributed by atoms with van der Waals surface area (Å²) in [6, 6.07) is 7.60. The molecule has 1 heterocycles. The van der Waals surface area contributed by atoms with Crippen molar-refractivity contribution < 1.29 is 9.53 Å². The van der Waals surface area contributed by atoms with Crippen molar-refractivity contribution in [1.29, 1.82) is 0 Å². The Kier molecular flexibility index (Phi) is 4.57. The molecule has 0 spiro atoms. The van der Waals surface area contributed by atoms with Gasteiger partial charge in [-0.2, -0.15) is 0 Å². The van der Waals surface area contributed by atoms with Crippen LogP contribution < -0.4 is 10.1 Å². The zero-order chi connectivity index (χ0) is 15.4. The van der Waals surface area contributed by atoms with Gasteiger partial charge in [0.25, 0.3) is 5.91 Å². The Balaban J connectivity index is 2.01. The van der Waals surface area contributed by atoms with Crippen LogP contribution in [0.3, 0.4) is 0 Å². The summed E-state index contributed by atoms with van der Waals surface area (Å²) in [7, 11) is 1.69. The van der Waals surface area contributed by atoms with Crippen LogP contribution in [-0.4, -0.2) is 27.0 Å². The summed E-state index contributed by atoms with van der Waals surface area (Å²) in [4.78, 5) is 12.1. The monoisotopic (exact) mass is 288 g/mol. The number of hydrogen-bond acceptors (Lipinski definition) is 4. The summed E-state index contributed by atoms with van der Waals surface area (Å²) >= 11 is 0. The smallest absolute Gasteiger partial charge is 0.271 e. The van der Waals surface area contributed by atoms with Crippen LogP contribution in [0.4, 0.5) is 0 Å². The van der Waals surface area contributed by atoms with Crippen LogP contribution in [0.2, 0.25) is 0 Å². The van der Waals surface area contributed by atoms with Gasteiger partial charge in [0, 0.05) is 7.05 Å². The Labute approximate surface area is 124 Å². The van der Waals surface area contributed by atoms with Gasteiger partial charge in [0.2, 0.25) is 0 Å². The molecular formula is C15H20N4O2. The number of ether oxygens (including phenoxy) is 1. The molecule has 1 unspecified atom stereocenters. The lowest BCUT2D eigenvalue weighted by molar-refractivity contribution is 0.0930. The molecule has 0 aliphatic heterocycles. The molecule has 2 aromatic rings. The van der Waals surface area contributed by atoms with E-state index in [1.54, 1.807) is 7.05 Å². The number of amides is 1. The van der Waals surface area contributed by atoms with Crippen molar-refractivity contribution >= 4 is 5.91 Å². The second-order valence-electron chi connectivity index (χ2n) is 5.17. The van der Waals surface area contributed by atoms with Gasteiger partial charge in [-0.3, -0.25) is 4.79 Å². The van der Waals surface area contributed by atoms with E-state index in [9.17, 15) is 4.79 Å². The molecule has 1 aromatic heterocycles. The van der Waals surface area contributed by atoms with Gasteiger partial charge in [0.05, 0.1) is 18.3 Å². The maximum absolute atomic E-state index is 12.1. The molecule has 2 rings (SSSR count). The Morgan fingerprint density at radius 2 is 1.90 bits per heavy atom. The molecule has 0 saturated heterocycles. The van der Waals surface area contributed by atoms with Gasteiger partial charge in [0.15, 0.2) is 0 Å². The topological polar surface area (TPSA) is 69.0 Å². The van der Waals surface area contributed by atoms with E-state index in [1.165, 1.54) is 10.9 Å². The van der Waals surface area contributed by atoms with E-state index in [2.05, 4.69) is 15.6 Å². The van der Waals surface area contributed by atoms with Crippen molar-refractivity contribution in [1.82, 2.24) is 20.3 Å². The lowest BCUT2D eigenvalue weighted by atomic mass is 10.1. The molecule has 0 radical (unpaired) electrons. The van der Waals surface area contributed by atoms with Crippen LogP contribution in [0.5, 0.6) is 5.75 Å². The first-order valence-electron chi connectivity index (χ1n) is 6.89. The summed E-state index contributed by atoms with van der Waals surface area (Å²) < 4.78 is 7.04. The SMILES string of the molecule is CC(C)Oc1ccc(C(C)NC(=O)c2cnnn2C)cc1. The first-order valence-corrected chi connectivity index (χ1v) is 6.89. The van der Waals surface area contributed by atoms with Crippen LogP contribution in [0.25, 0.3) is 0 Å². The number of nitrogens with one attached hydrogen (secondary N) is 1. The number of aryl methyl sites for hydroxylation is 1. The van der Waals surface area contributed by atoms with E-state index in [1.807, 2.05) is 45.0 Å². The maximum atomic E-state index is 12.1. The van der Waals surface area contributed by atoms with Crippen LogP contribution in [0, 0.1) is 0 Å². The molecule has 1 N–H and O–H groups in total. The van der Waals surface area contributed by atoms with Gasteiger partial charge in [0.1, 0.15) is 11.4 Å². The standard InChI is InChI=1S/C15H20N4O2/c1-10(2)21-13-7-5-12(6-8-13)11(3)17-15(20)14-9-16-18-19(14)4/h5-11H,1-4H3,(H,17,20). The molecule has 6 heteroatoms. The van der Waals surface area contributed by atoms with Crippen LogP contribution in [0.15, 0.2) is 30.5 Å². The Bertz CT molecular complexity index is 604. The van der Waals surface area contributed by atoms with Crippen LogP contribution in [0.1, 0.15) is 42.9 Å². The van der Waals surface area contributed by atoms with Gasteiger partial charge in [-0.25, -0.2) is 4.68 Å². The van der Waals surface area contributed by atoms with Crippen molar-refractivity contribution in [2.45, 2.75) is 32.9 Å². The molecule has 0 fully saturated rings. The first kappa shape index (κ1) is 15.0. The Hall–Kier alpha value is -2.37. The summed E-state index contributed by atoms with van der Waals surface area (Å²) in [5.41, 5.74) is 1.44. The summed E-state index contributed by atoms with van der Waals surface area (Å²) in [6.07, 6.45) is 1.59. The van der Waals surface area contributed by atoms with E-state index >= 15 is 0 Å². The number of benzene rings is 1. The number of hydrogen-bond donors (Lipinski definition) is 1. The fourth-order valence-electron chi connectivity index (χ4n) is 1.96. The van der Waals surface area contributed by atoms with Crippen molar-refractivity contribution in [3.63, 3.8) is 0 Å². The zero-order valence-electron chi connectivity index (χ0n) is 12.7. The average Bonchev–Trinajstić information content (AvgIpc) is 2.85. The molecule has 1 atom stereocenters. The molecule has 21 heavy (non-hydrogen) atoms. The molecule has 1 amide bonds. The van der Waals surface area contributed by atoms with E-state index in [0.717, 1.165) is 11.3 Å². The van der Waals surface area contributed by atoms with Crippen molar-refractivity contribution in [3.05, 3.63) is 41.7 Å². The quantitative estimate of drug-likeness (QED) is 0.914. The maximum Gasteiger partial charge on any atom is 0.271 e. The van der Waals surface area contributed by atoms with Gasteiger partial charge < -0.3 is 10.1 Å². The minimum Gasteiger partial charge on any atom is -0.491 e. The first-order chi connectivity index (χ1) is 9.97. The predicted molar refractivity (Wildman–Crippen MR) is 79.1 cm³/mol. The third-order valence-corrected chi connectivity index (χ3v) is 3.05. The van der Waals surface area contributed by atoms with Gasteiger partial charge in [-0.15, -0.1) is 5.10 Å². The highest BCUT2D eigenvalue weighted by atomic mass is 16.5. The molecule has 0 bridgehead atoms. The second kappa shape index (κ2) is 6.39. The Morgan fingerprint density at radius 3 is 2.43 bits per heavy atom. The lowest BCUT2D eigenvalue weighted by Gasteiger charge is -2.15. The number of aromatic nitrogens is 3. The van der Waals surface area contributed by atoms with E-state index < -0.39 is 0 Å². The Morgan fingerprint density at radius 1 is 1.24 bits per heavy atom. The molecule has 0 saturated carbocycles. The lowest BCUT2D eigenvalue weighted by Crippen LogP contribution is -2.28. The van der Waals surface area contributed by atoms with E-state index in [0.29, 0.717) is 5.69 Å². The molecule has 112 valence electrons. The minimum atomic E-state index is -0.197. The summed E-state index contributed by atoms with van der Waals surface area (Å²) in [5.74, 6) is 0.626. The highest BCUT2D eigenvalue weighted by Crippen LogP contribution is 2.18. The van der Waals surface area contributed by atoms with Crippen LogP contribution in [-0.2, 0) is 7.05 Å². The predicted octanol–water partition coefficient (Wildman–Crippen LogP) is 2.09. The zero-order valence-corrected chi connectivity index (χ0v) is 12.7. The van der Waals surface area contributed by atoms with Gasteiger partial charge in [-0.1, -0.05) is 17.3 Å². The number of rotatable bonds is 5. The number of carbonyl (C=O) groups is 1. The van der Waals surface area contributed by atoms with Crippen molar-refractivity contribution in [2.24, 2.45) is 7.05 Å². The van der Waals surface area contributed by atoms with Crippen LogP contribution >= 0.6 is 0 Å². The second-order valence-corrected chi connectivity index (χ2v) is 5.17. The fraction of sp³-hybridized carbons (Fsp3) is 0.400. The normalized spacial score (nSPS) is 12.2. The molecule has 0 aliphatic carbocycles. The molecule has 6 nitrogen and oxygen atoms in total. The molecule has 0 aliphatic rings. The highest BCUT2D eigenvalue weighted by molar-refractivity contribution is 5.92. The van der Waals surface area contributed by atoms with E-state index in [-0.39, 0.29) is 18.1 Å². The average molecular weight is 288 g/mol. The van der Waals surface area contributed by atoms with Crippen molar-refractivity contribution in [2.75, 3.05) is 0 Å². The molecule has 1 aromatic carbocycles. The van der Waals surface area contributed by atoms with Gasteiger partial charge in [-0.05, 0) is 38.5 Å². The summed E-state index contributed by atoms with van der Waals surface area (Å²) in [6.45, 7) is 5.90. The fourth-order valence-corrected chi connectivity index (χ4v) is 1.96. The number of carbonyl (C=O) groups excluding carboxylic acids is 1. The highest BCUT2D eigenvalue weighted by Gasteiger charge is 2.14.